The molecule has 0 unspecified atom stereocenters. The molecule has 1 atom stereocenters. The first-order valence-electron chi connectivity index (χ1n) is 6.75. The van der Waals surface area contributed by atoms with E-state index in [2.05, 4.69) is 44.1 Å². The second-order valence-electron chi connectivity index (χ2n) is 5.49. The predicted octanol–water partition coefficient (Wildman–Crippen LogP) is 0.816. The van der Waals surface area contributed by atoms with Crippen molar-refractivity contribution < 1.29 is 5.11 Å². The quantitative estimate of drug-likeness (QED) is 0.861. The Morgan fingerprint density at radius 1 is 1.45 bits per heavy atom. The van der Waals surface area contributed by atoms with Crippen molar-refractivity contribution in [1.82, 2.24) is 25.4 Å². The maximum absolute atomic E-state index is 10.7. The third-order valence-corrected chi connectivity index (χ3v) is 3.64. The van der Waals surface area contributed by atoms with Gasteiger partial charge in [0.05, 0.1) is 12.7 Å². The van der Waals surface area contributed by atoms with E-state index in [-0.39, 0.29) is 5.92 Å². The van der Waals surface area contributed by atoms with Gasteiger partial charge in [-0.05, 0) is 6.07 Å². The van der Waals surface area contributed by atoms with E-state index in [0.29, 0.717) is 18.7 Å². The summed E-state index contributed by atoms with van der Waals surface area (Å²) in [5.41, 5.74) is -0.381. The standard InChI is InChI=1S/C13H18N6O/c1-9(2)12-14-5-3-11(16-12)19-6-4-13(20,8-19)10-7-15-18-17-10/h3,5,7,9,20H,4,6,8H2,1-2H3,(H,15,17,18)/t13-/m1/s1. The number of nitrogens with zero attached hydrogens (tertiary/aromatic N) is 5. The minimum atomic E-state index is -0.962. The van der Waals surface area contributed by atoms with E-state index in [1.807, 2.05) is 6.07 Å². The van der Waals surface area contributed by atoms with Crippen LogP contribution in [0.3, 0.4) is 0 Å². The first-order valence-corrected chi connectivity index (χ1v) is 6.75. The molecule has 2 aromatic rings. The van der Waals surface area contributed by atoms with Crippen LogP contribution in [0, 0.1) is 0 Å². The Kier molecular flexibility index (Phi) is 3.13. The zero-order valence-electron chi connectivity index (χ0n) is 11.6. The van der Waals surface area contributed by atoms with Crippen LogP contribution in [0.5, 0.6) is 0 Å². The number of rotatable bonds is 3. The maximum Gasteiger partial charge on any atom is 0.133 e. The Hall–Kier alpha value is -2.02. The molecule has 1 aliphatic heterocycles. The molecule has 1 fully saturated rings. The molecule has 0 saturated carbocycles. The van der Waals surface area contributed by atoms with Crippen LogP contribution in [0.1, 0.15) is 37.7 Å². The molecule has 7 nitrogen and oxygen atoms in total. The highest BCUT2D eigenvalue weighted by Gasteiger charge is 2.40. The Bertz CT molecular complexity index is 584. The molecule has 3 heterocycles. The van der Waals surface area contributed by atoms with Crippen molar-refractivity contribution in [3.05, 3.63) is 30.0 Å². The first kappa shape index (κ1) is 13.0. The molecule has 1 aliphatic rings. The SMILES string of the molecule is CC(C)c1nccc(N2CC[C@](O)(c3cn[nH]n3)C2)n1. The smallest absolute Gasteiger partial charge is 0.133 e. The fourth-order valence-corrected chi connectivity index (χ4v) is 2.44. The molecule has 2 N–H and O–H groups in total. The molecule has 7 heteroatoms. The average molecular weight is 274 g/mol. The number of β-amino-alcohol motifs (C(OH)–C–C–N with tert-alkyl or cyclic N) is 1. The predicted molar refractivity (Wildman–Crippen MR) is 73.2 cm³/mol. The number of anilines is 1. The van der Waals surface area contributed by atoms with Gasteiger partial charge >= 0.3 is 0 Å². The van der Waals surface area contributed by atoms with E-state index in [0.717, 1.165) is 18.2 Å². The van der Waals surface area contributed by atoms with Gasteiger partial charge in [0.2, 0.25) is 0 Å². The van der Waals surface area contributed by atoms with Crippen LogP contribution in [-0.2, 0) is 5.60 Å². The van der Waals surface area contributed by atoms with Gasteiger partial charge in [-0.1, -0.05) is 13.8 Å². The van der Waals surface area contributed by atoms with Gasteiger partial charge in [0.25, 0.3) is 0 Å². The lowest BCUT2D eigenvalue weighted by molar-refractivity contribution is 0.0559. The van der Waals surface area contributed by atoms with Crippen LogP contribution in [0.2, 0.25) is 0 Å². The second kappa shape index (κ2) is 4.82. The Labute approximate surface area is 117 Å². The summed E-state index contributed by atoms with van der Waals surface area (Å²) in [6, 6.07) is 1.88. The number of aromatic amines is 1. The second-order valence-corrected chi connectivity index (χ2v) is 5.49. The van der Waals surface area contributed by atoms with Crippen molar-refractivity contribution >= 4 is 5.82 Å². The summed E-state index contributed by atoms with van der Waals surface area (Å²) in [5, 5.41) is 21.0. The van der Waals surface area contributed by atoms with Crippen LogP contribution < -0.4 is 4.90 Å². The molecule has 20 heavy (non-hydrogen) atoms. The Morgan fingerprint density at radius 3 is 3.00 bits per heavy atom. The number of H-pyrrole nitrogens is 1. The van der Waals surface area contributed by atoms with Gasteiger partial charge in [0.1, 0.15) is 22.9 Å². The molecule has 2 aromatic heterocycles. The Morgan fingerprint density at radius 2 is 2.30 bits per heavy atom. The first-order chi connectivity index (χ1) is 9.58. The van der Waals surface area contributed by atoms with Gasteiger partial charge in [-0.3, -0.25) is 0 Å². The fraction of sp³-hybridized carbons (Fsp3) is 0.538. The summed E-state index contributed by atoms with van der Waals surface area (Å²) >= 11 is 0. The van der Waals surface area contributed by atoms with Gasteiger partial charge in [-0.2, -0.15) is 15.4 Å². The highest BCUT2D eigenvalue weighted by Crippen LogP contribution is 2.32. The summed E-state index contributed by atoms with van der Waals surface area (Å²) in [4.78, 5) is 10.9. The zero-order chi connectivity index (χ0) is 14.2. The van der Waals surface area contributed by atoms with Crippen molar-refractivity contribution in [3.63, 3.8) is 0 Å². The van der Waals surface area contributed by atoms with Gasteiger partial charge in [0, 0.05) is 25.1 Å². The number of aliphatic hydroxyl groups is 1. The summed E-state index contributed by atoms with van der Waals surface area (Å²) in [6.07, 6.45) is 3.95. The summed E-state index contributed by atoms with van der Waals surface area (Å²) in [6.45, 7) is 5.33. The minimum absolute atomic E-state index is 0.284. The zero-order valence-corrected chi connectivity index (χ0v) is 11.6. The number of aromatic nitrogens is 5. The minimum Gasteiger partial charge on any atom is -0.381 e. The average Bonchev–Trinajstić information content (AvgIpc) is 3.09. The fourth-order valence-electron chi connectivity index (χ4n) is 2.44. The van der Waals surface area contributed by atoms with E-state index in [4.69, 9.17) is 0 Å². The van der Waals surface area contributed by atoms with E-state index in [9.17, 15) is 5.11 Å². The van der Waals surface area contributed by atoms with E-state index in [1.165, 1.54) is 0 Å². The van der Waals surface area contributed by atoms with Crippen molar-refractivity contribution in [1.29, 1.82) is 0 Å². The molecular formula is C13H18N6O. The van der Waals surface area contributed by atoms with Crippen molar-refractivity contribution in [2.24, 2.45) is 0 Å². The molecule has 0 radical (unpaired) electrons. The normalized spacial score (nSPS) is 22.7. The third-order valence-electron chi connectivity index (χ3n) is 3.64. The third kappa shape index (κ3) is 2.24. The molecule has 0 aromatic carbocycles. The van der Waals surface area contributed by atoms with Gasteiger partial charge in [-0.25, -0.2) is 9.97 Å². The van der Waals surface area contributed by atoms with Gasteiger partial charge in [-0.15, -0.1) is 0 Å². The van der Waals surface area contributed by atoms with E-state index in [1.54, 1.807) is 12.4 Å². The molecule has 0 amide bonds. The number of hydrogen-bond acceptors (Lipinski definition) is 6. The highest BCUT2D eigenvalue weighted by molar-refractivity contribution is 5.41. The highest BCUT2D eigenvalue weighted by atomic mass is 16.3. The molecule has 0 bridgehead atoms. The van der Waals surface area contributed by atoms with Crippen LogP contribution in [0.4, 0.5) is 5.82 Å². The van der Waals surface area contributed by atoms with Crippen LogP contribution >= 0.6 is 0 Å². The van der Waals surface area contributed by atoms with Gasteiger partial charge < -0.3 is 10.0 Å². The van der Waals surface area contributed by atoms with Crippen molar-refractivity contribution in [2.75, 3.05) is 18.0 Å². The topological polar surface area (TPSA) is 90.8 Å². The summed E-state index contributed by atoms with van der Waals surface area (Å²) in [7, 11) is 0. The molecule has 106 valence electrons. The van der Waals surface area contributed by atoms with Gasteiger partial charge in [0.15, 0.2) is 0 Å². The summed E-state index contributed by atoms with van der Waals surface area (Å²) < 4.78 is 0. The molecular weight excluding hydrogens is 256 g/mol. The largest absolute Gasteiger partial charge is 0.381 e. The number of hydrogen-bond donors (Lipinski definition) is 2. The maximum atomic E-state index is 10.7. The Balaban J connectivity index is 1.82. The summed E-state index contributed by atoms with van der Waals surface area (Å²) in [5.74, 6) is 1.95. The number of nitrogens with one attached hydrogen (secondary N) is 1. The van der Waals surface area contributed by atoms with Crippen LogP contribution in [0.25, 0.3) is 0 Å². The lowest BCUT2D eigenvalue weighted by atomic mass is 10.0. The monoisotopic (exact) mass is 274 g/mol. The molecule has 0 aliphatic carbocycles. The van der Waals surface area contributed by atoms with Crippen LogP contribution in [0.15, 0.2) is 18.5 Å². The lowest BCUT2D eigenvalue weighted by Gasteiger charge is -2.22. The molecule has 1 saturated heterocycles. The lowest BCUT2D eigenvalue weighted by Crippen LogP contribution is -2.31. The van der Waals surface area contributed by atoms with Crippen molar-refractivity contribution in [3.8, 4) is 0 Å². The van der Waals surface area contributed by atoms with Crippen molar-refractivity contribution in [2.45, 2.75) is 31.8 Å². The van der Waals surface area contributed by atoms with E-state index < -0.39 is 5.60 Å². The molecule has 3 rings (SSSR count). The molecule has 0 spiro atoms. The van der Waals surface area contributed by atoms with Crippen LogP contribution in [-0.4, -0.2) is 43.6 Å². The van der Waals surface area contributed by atoms with E-state index >= 15 is 0 Å².